The van der Waals surface area contributed by atoms with Crippen molar-refractivity contribution in [3.63, 3.8) is 0 Å². The molecule has 2 N–H and O–H groups in total. The van der Waals surface area contributed by atoms with Gasteiger partial charge < -0.3 is 15.5 Å². The zero-order valence-corrected chi connectivity index (χ0v) is 18.3. The summed E-state index contributed by atoms with van der Waals surface area (Å²) in [6.45, 7) is 1.97. The van der Waals surface area contributed by atoms with E-state index in [4.69, 9.17) is 11.6 Å². The van der Waals surface area contributed by atoms with Crippen molar-refractivity contribution in [1.29, 1.82) is 0 Å². The topological polar surface area (TPSA) is 81.8 Å². The largest absolute Gasteiger partial charge is 0.350 e. The summed E-state index contributed by atoms with van der Waals surface area (Å²) < 4.78 is 13.1. The number of halogens is 2. The van der Waals surface area contributed by atoms with Crippen LogP contribution in [0.3, 0.4) is 0 Å². The summed E-state index contributed by atoms with van der Waals surface area (Å²) in [6.07, 6.45) is 0. The molecular weight excluding hydrogens is 435 g/mol. The number of benzene rings is 2. The zero-order valence-electron chi connectivity index (χ0n) is 17.6. The van der Waals surface area contributed by atoms with Gasteiger partial charge in [-0.25, -0.2) is 9.18 Å². The number of nitrogens with zero attached hydrogens (tertiary/aromatic N) is 2. The number of nitrogens with one attached hydrogen (secondary N) is 2. The molecule has 0 aromatic heterocycles. The minimum Gasteiger partial charge on any atom is -0.350 e. The SMILES string of the molecule is C[C@H](C(=O)NCc1ccc(F)cc1)N1CC2=C(C1=O)[C@@H](c1ccccc1Cl)NC(=O)N2C. The van der Waals surface area contributed by atoms with Crippen LogP contribution in [0.5, 0.6) is 0 Å². The van der Waals surface area contributed by atoms with Crippen LogP contribution in [0.15, 0.2) is 59.8 Å². The molecule has 0 saturated carbocycles. The Kier molecular flexibility index (Phi) is 5.88. The zero-order chi connectivity index (χ0) is 23.0. The van der Waals surface area contributed by atoms with Crippen LogP contribution in [0.2, 0.25) is 5.02 Å². The summed E-state index contributed by atoms with van der Waals surface area (Å²) >= 11 is 6.34. The van der Waals surface area contributed by atoms with Crippen molar-refractivity contribution in [1.82, 2.24) is 20.4 Å². The molecule has 9 heteroatoms. The minimum absolute atomic E-state index is 0.129. The van der Waals surface area contributed by atoms with E-state index < -0.39 is 12.1 Å². The number of carbonyl (C=O) groups excluding carboxylic acids is 3. The Labute approximate surface area is 189 Å². The molecular formula is C23H22ClFN4O3. The lowest BCUT2D eigenvalue weighted by molar-refractivity contribution is -0.135. The smallest absolute Gasteiger partial charge is 0.322 e. The Morgan fingerprint density at radius 3 is 2.59 bits per heavy atom. The first-order valence-corrected chi connectivity index (χ1v) is 10.5. The Bertz CT molecular complexity index is 1120. The van der Waals surface area contributed by atoms with Gasteiger partial charge in [0.1, 0.15) is 11.9 Å². The van der Waals surface area contributed by atoms with Gasteiger partial charge in [-0.05, 0) is 36.2 Å². The Hall–Kier alpha value is -3.39. The summed E-state index contributed by atoms with van der Waals surface area (Å²) in [5, 5.41) is 6.04. The third-order valence-corrected chi connectivity index (χ3v) is 6.18. The molecule has 166 valence electrons. The third kappa shape index (κ3) is 3.93. The predicted octanol–water partition coefficient (Wildman–Crippen LogP) is 2.98. The van der Waals surface area contributed by atoms with Crippen molar-refractivity contribution in [3.8, 4) is 0 Å². The van der Waals surface area contributed by atoms with Gasteiger partial charge in [-0.3, -0.25) is 14.5 Å². The molecule has 0 unspecified atom stereocenters. The fourth-order valence-corrected chi connectivity index (χ4v) is 4.17. The summed E-state index contributed by atoms with van der Waals surface area (Å²) in [6, 6.07) is 11.0. The van der Waals surface area contributed by atoms with Crippen LogP contribution < -0.4 is 10.6 Å². The third-order valence-electron chi connectivity index (χ3n) is 5.83. The fraction of sp³-hybridized carbons (Fsp3) is 0.261. The van der Waals surface area contributed by atoms with Crippen molar-refractivity contribution in [3.05, 3.63) is 81.8 Å². The van der Waals surface area contributed by atoms with Crippen molar-refractivity contribution < 1.29 is 18.8 Å². The molecule has 2 heterocycles. The van der Waals surface area contributed by atoms with E-state index in [0.29, 0.717) is 21.9 Å². The maximum absolute atomic E-state index is 13.4. The van der Waals surface area contributed by atoms with Gasteiger partial charge in [0.15, 0.2) is 0 Å². The minimum atomic E-state index is -0.774. The quantitative estimate of drug-likeness (QED) is 0.725. The van der Waals surface area contributed by atoms with Gasteiger partial charge in [0.2, 0.25) is 5.91 Å². The van der Waals surface area contributed by atoms with Crippen molar-refractivity contribution in [2.75, 3.05) is 13.6 Å². The van der Waals surface area contributed by atoms with Gasteiger partial charge in [-0.1, -0.05) is 41.9 Å². The van der Waals surface area contributed by atoms with Crippen molar-refractivity contribution >= 4 is 29.4 Å². The van der Waals surface area contributed by atoms with Gasteiger partial charge in [0.25, 0.3) is 5.91 Å². The number of amides is 4. The van der Waals surface area contributed by atoms with Crippen molar-refractivity contribution in [2.24, 2.45) is 0 Å². The first-order chi connectivity index (χ1) is 15.3. The number of carbonyl (C=O) groups is 3. The molecule has 0 spiro atoms. The maximum Gasteiger partial charge on any atom is 0.322 e. The second kappa shape index (κ2) is 8.63. The number of urea groups is 1. The lowest BCUT2D eigenvalue weighted by Gasteiger charge is -2.31. The molecule has 0 saturated heterocycles. The standard InChI is InChI=1S/C23H22ClFN4O3/c1-13(21(30)26-11-14-7-9-15(25)10-8-14)29-12-18-19(22(29)31)20(27-23(32)28(18)2)16-5-3-4-6-17(16)24/h3-10,13,20H,11-12H2,1-2H3,(H,26,30)(H,27,32)/t13-,20-/m1/s1. The van der Waals surface area contributed by atoms with Crippen LogP contribution in [0.1, 0.15) is 24.1 Å². The monoisotopic (exact) mass is 456 g/mol. The van der Waals surface area contributed by atoms with E-state index in [1.807, 2.05) is 0 Å². The van der Waals surface area contributed by atoms with Crippen LogP contribution in [0, 0.1) is 5.82 Å². The number of hydrogen-bond donors (Lipinski definition) is 2. The van der Waals surface area contributed by atoms with E-state index in [1.54, 1.807) is 50.4 Å². The molecule has 2 aliphatic rings. The number of hydrogen-bond acceptors (Lipinski definition) is 3. The Morgan fingerprint density at radius 2 is 1.91 bits per heavy atom. The van der Waals surface area contributed by atoms with E-state index in [0.717, 1.165) is 5.56 Å². The first-order valence-electron chi connectivity index (χ1n) is 10.1. The predicted molar refractivity (Wildman–Crippen MR) is 117 cm³/mol. The highest BCUT2D eigenvalue weighted by Gasteiger charge is 2.45. The van der Waals surface area contributed by atoms with Crippen LogP contribution in [-0.2, 0) is 16.1 Å². The van der Waals surface area contributed by atoms with E-state index in [9.17, 15) is 18.8 Å². The average Bonchev–Trinajstić information content (AvgIpc) is 3.13. The van der Waals surface area contributed by atoms with Gasteiger partial charge in [0, 0.05) is 18.6 Å². The molecule has 2 atom stereocenters. The second-order valence-corrected chi connectivity index (χ2v) is 8.18. The molecule has 32 heavy (non-hydrogen) atoms. The summed E-state index contributed by atoms with van der Waals surface area (Å²) in [7, 11) is 1.59. The fourth-order valence-electron chi connectivity index (χ4n) is 3.92. The summed E-state index contributed by atoms with van der Waals surface area (Å²) in [5.74, 6) is -1.03. The Morgan fingerprint density at radius 1 is 1.22 bits per heavy atom. The van der Waals surface area contributed by atoms with Gasteiger partial charge >= 0.3 is 6.03 Å². The van der Waals surface area contributed by atoms with Gasteiger partial charge in [0.05, 0.1) is 23.9 Å². The highest BCUT2D eigenvalue weighted by atomic mass is 35.5. The van der Waals surface area contributed by atoms with Crippen LogP contribution in [-0.4, -0.2) is 47.3 Å². The normalized spacial score (nSPS) is 19.1. The van der Waals surface area contributed by atoms with Gasteiger partial charge in [-0.2, -0.15) is 0 Å². The summed E-state index contributed by atoms with van der Waals surface area (Å²) in [4.78, 5) is 41.5. The van der Waals surface area contributed by atoms with E-state index in [-0.39, 0.29) is 36.8 Å². The molecule has 7 nitrogen and oxygen atoms in total. The molecule has 4 amide bonds. The molecule has 2 aliphatic heterocycles. The molecule has 2 aromatic carbocycles. The molecule has 2 aromatic rings. The second-order valence-electron chi connectivity index (χ2n) is 7.78. The highest BCUT2D eigenvalue weighted by Crippen LogP contribution is 2.38. The molecule has 4 rings (SSSR count). The highest BCUT2D eigenvalue weighted by molar-refractivity contribution is 6.31. The van der Waals surface area contributed by atoms with Crippen LogP contribution in [0.4, 0.5) is 9.18 Å². The van der Waals surface area contributed by atoms with E-state index >= 15 is 0 Å². The maximum atomic E-state index is 13.4. The molecule has 0 bridgehead atoms. The molecule has 0 radical (unpaired) electrons. The number of rotatable bonds is 5. The average molecular weight is 457 g/mol. The van der Waals surface area contributed by atoms with Crippen LogP contribution >= 0.6 is 11.6 Å². The van der Waals surface area contributed by atoms with Gasteiger partial charge in [-0.15, -0.1) is 0 Å². The Balaban J connectivity index is 1.53. The van der Waals surface area contributed by atoms with Crippen LogP contribution in [0.25, 0.3) is 0 Å². The summed E-state index contributed by atoms with van der Waals surface area (Å²) in [5.41, 5.74) is 2.30. The molecule has 0 fully saturated rings. The lowest BCUT2D eigenvalue weighted by Crippen LogP contribution is -2.46. The van der Waals surface area contributed by atoms with Crippen molar-refractivity contribution in [2.45, 2.75) is 25.6 Å². The number of likely N-dealkylation sites (N-methyl/N-ethyl adjacent to an activating group) is 1. The lowest BCUT2D eigenvalue weighted by atomic mass is 9.95. The van der Waals surface area contributed by atoms with E-state index in [1.165, 1.54) is 21.9 Å². The first kappa shape index (κ1) is 21.8. The van der Waals surface area contributed by atoms with E-state index in [2.05, 4.69) is 10.6 Å². The molecule has 0 aliphatic carbocycles.